The Balaban J connectivity index is 1.80. The molecule has 53 heavy (non-hydrogen) atoms. The molecular formula is C34H26N2O14S3. The van der Waals surface area contributed by atoms with E-state index >= 15 is 0 Å². The van der Waals surface area contributed by atoms with E-state index in [1.165, 1.54) is 36.4 Å². The second kappa shape index (κ2) is 13.4. The highest BCUT2D eigenvalue weighted by Gasteiger charge is 2.28. The van der Waals surface area contributed by atoms with Crippen molar-refractivity contribution in [2.75, 3.05) is 5.32 Å². The first-order chi connectivity index (χ1) is 24.8. The van der Waals surface area contributed by atoms with Crippen molar-refractivity contribution in [3.63, 3.8) is 0 Å². The average Bonchev–Trinajstić information content (AvgIpc) is 3.07. The molecule has 0 fully saturated rings. The minimum absolute atomic E-state index is 0.0274. The lowest BCUT2D eigenvalue weighted by Crippen LogP contribution is -2.33. The van der Waals surface area contributed by atoms with Crippen LogP contribution in [0.3, 0.4) is 0 Å². The number of anilines is 2. The maximum absolute atomic E-state index is 14.3. The molecular weight excluding hydrogens is 757 g/mol. The number of aryl methyl sites for hydroxylation is 1. The van der Waals surface area contributed by atoms with Crippen molar-refractivity contribution in [2.24, 2.45) is 0 Å². The molecule has 0 amide bonds. The van der Waals surface area contributed by atoms with Crippen LogP contribution in [0.1, 0.15) is 30.4 Å². The molecule has 0 bridgehead atoms. The maximum atomic E-state index is 14.3. The molecule has 4 aromatic carbocycles. The molecule has 16 nitrogen and oxygen atoms in total. The van der Waals surface area contributed by atoms with Crippen molar-refractivity contribution in [1.29, 1.82) is 0 Å². The molecule has 4 aromatic rings. The number of fused-ring (bicyclic) bond motifs is 2. The van der Waals surface area contributed by atoms with Crippen molar-refractivity contribution in [3.05, 3.63) is 120 Å². The van der Waals surface area contributed by atoms with Gasteiger partial charge in [0.1, 0.15) is 15.6 Å². The minimum Gasteiger partial charge on any atom is -0.506 e. The Morgan fingerprint density at radius 3 is 1.89 bits per heavy atom. The molecule has 274 valence electrons. The zero-order chi connectivity index (χ0) is 38.6. The summed E-state index contributed by atoms with van der Waals surface area (Å²) in [6, 6.07) is 15.5. The first kappa shape index (κ1) is 37.2. The van der Waals surface area contributed by atoms with Gasteiger partial charge in [0.25, 0.3) is 35.9 Å². The SMILES string of the molecule is O=C(O)CCCCc1cc(Nc2cc(S(=O)(=O)O)c3nc(=O)c(=C(O)c4ccccc4)c4c5ccccc5c(=O)c2c3=4)c(S(=O)(=O)O)cc1S(=O)(=O)O. The number of carboxylic acid groups (broad SMARTS) is 1. The van der Waals surface area contributed by atoms with E-state index in [0.717, 1.165) is 6.07 Å². The molecule has 0 spiro atoms. The molecule has 1 aliphatic heterocycles. The Kier molecular flexibility index (Phi) is 9.43. The van der Waals surface area contributed by atoms with Gasteiger partial charge in [-0.3, -0.25) is 28.0 Å². The third kappa shape index (κ3) is 7.00. The van der Waals surface area contributed by atoms with Gasteiger partial charge in [-0.05, 0) is 48.4 Å². The number of benzene rings is 4. The van der Waals surface area contributed by atoms with Crippen LogP contribution in [0.5, 0.6) is 0 Å². The normalized spacial score (nSPS) is 13.1. The smallest absolute Gasteiger partial charge is 0.303 e. The second-order valence-electron chi connectivity index (χ2n) is 11.9. The monoisotopic (exact) mass is 782 g/mol. The van der Waals surface area contributed by atoms with Crippen LogP contribution in [0.4, 0.5) is 11.4 Å². The molecule has 0 aromatic heterocycles. The van der Waals surface area contributed by atoms with Gasteiger partial charge in [0.05, 0.1) is 32.4 Å². The van der Waals surface area contributed by atoms with Gasteiger partial charge in [-0.15, -0.1) is 0 Å². The highest BCUT2D eigenvalue weighted by molar-refractivity contribution is 7.87. The molecule has 6 rings (SSSR count). The molecule has 0 unspecified atom stereocenters. The number of aliphatic hydroxyl groups excluding tert-OH is 1. The number of nitrogens with one attached hydrogen (secondary N) is 1. The van der Waals surface area contributed by atoms with Crippen molar-refractivity contribution in [2.45, 2.75) is 40.4 Å². The Morgan fingerprint density at radius 2 is 1.28 bits per heavy atom. The highest BCUT2D eigenvalue weighted by atomic mass is 32.2. The fourth-order valence-electron chi connectivity index (χ4n) is 6.28. The minimum atomic E-state index is -5.36. The van der Waals surface area contributed by atoms with Crippen LogP contribution in [0.15, 0.2) is 97.1 Å². The molecule has 2 aliphatic rings. The van der Waals surface area contributed by atoms with Crippen LogP contribution in [-0.2, 0) is 41.6 Å². The topological polar surface area (TPSA) is 280 Å². The van der Waals surface area contributed by atoms with Gasteiger partial charge >= 0.3 is 5.97 Å². The summed E-state index contributed by atoms with van der Waals surface area (Å²) in [7, 11) is -15.8. The number of carboxylic acids is 1. The van der Waals surface area contributed by atoms with E-state index in [9.17, 15) is 58.4 Å². The zero-order valence-electron chi connectivity index (χ0n) is 26.8. The van der Waals surface area contributed by atoms with E-state index < -0.39 is 95.3 Å². The van der Waals surface area contributed by atoms with Crippen molar-refractivity contribution in [1.82, 2.24) is 4.98 Å². The Morgan fingerprint density at radius 1 is 0.679 bits per heavy atom. The van der Waals surface area contributed by atoms with Crippen LogP contribution in [0, 0.1) is 10.4 Å². The van der Waals surface area contributed by atoms with Crippen LogP contribution in [0.2, 0.25) is 0 Å². The lowest BCUT2D eigenvalue weighted by Gasteiger charge is -2.18. The summed E-state index contributed by atoms with van der Waals surface area (Å²) in [5.74, 6) is -1.74. The number of aromatic nitrogens is 1. The second-order valence-corrected chi connectivity index (χ2v) is 16.1. The van der Waals surface area contributed by atoms with Crippen LogP contribution < -0.4 is 21.5 Å². The van der Waals surface area contributed by atoms with Gasteiger partial charge in [-0.25, -0.2) is 4.98 Å². The molecule has 6 N–H and O–H groups in total. The third-order valence-electron chi connectivity index (χ3n) is 8.50. The summed E-state index contributed by atoms with van der Waals surface area (Å²) in [6.07, 6.45) is -0.483. The summed E-state index contributed by atoms with van der Waals surface area (Å²) < 4.78 is 106. The molecule has 19 heteroatoms. The predicted molar refractivity (Wildman–Crippen MR) is 189 cm³/mol. The van der Waals surface area contributed by atoms with Crippen molar-refractivity contribution < 1.29 is 53.9 Å². The largest absolute Gasteiger partial charge is 0.506 e. The van der Waals surface area contributed by atoms with E-state index in [4.69, 9.17) is 5.11 Å². The number of nitrogens with zero attached hydrogens (tertiary/aromatic N) is 1. The first-order valence-corrected chi connectivity index (χ1v) is 19.7. The summed E-state index contributed by atoms with van der Waals surface area (Å²) in [6.45, 7) is 0. The number of unbranched alkanes of at least 4 members (excludes halogenated alkanes) is 1. The standard InChI is InChI=1S/C34H26N2O14S3/c37-26(38)13-7-4-10-18-14-21(24(52(45,46)47)16-23(18)51(42,43)44)35-22-15-25(53(48,49)50)31-29-27(19-11-5-6-12-20(19)33(40)28(22)29)30(34(41)36-31)32(39)17-8-2-1-3-9-17/h1-3,5-6,8-9,11-12,14-16,35,39H,4,7,10,13H2,(H,37,38)(H,42,43,44)(H,45,46,47)(H,48,49,50). The Bertz CT molecular complexity index is 3090. The van der Waals surface area contributed by atoms with E-state index in [-0.39, 0.29) is 58.0 Å². The summed E-state index contributed by atoms with van der Waals surface area (Å²) in [4.78, 5) is 39.8. The molecule has 0 saturated carbocycles. The molecule has 0 atom stereocenters. The van der Waals surface area contributed by atoms with Gasteiger partial charge in [0.2, 0.25) is 0 Å². The number of rotatable bonds is 11. The van der Waals surface area contributed by atoms with E-state index in [1.807, 2.05) is 0 Å². The summed E-state index contributed by atoms with van der Waals surface area (Å²) in [5, 5.41) is 21.7. The fraction of sp³-hybridized carbons (Fsp3) is 0.118. The molecule has 0 radical (unpaired) electrons. The fourth-order valence-corrected chi connectivity index (χ4v) is 8.42. The number of hydrogen-bond acceptors (Lipinski definition) is 12. The van der Waals surface area contributed by atoms with Crippen molar-refractivity contribution in [3.8, 4) is 0 Å². The lowest BCUT2D eigenvalue weighted by molar-refractivity contribution is -0.137. The summed E-state index contributed by atoms with van der Waals surface area (Å²) in [5.41, 5.74) is -3.88. The van der Waals surface area contributed by atoms with Gasteiger partial charge in [-0.1, -0.05) is 54.6 Å². The Labute approximate surface area is 298 Å². The molecule has 1 aliphatic carbocycles. The van der Waals surface area contributed by atoms with Crippen LogP contribution in [-0.4, -0.2) is 60.1 Å². The number of hydrogen-bond donors (Lipinski definition) is 6. The zero-order valence-corrected chi connectivity index (χ0v) is 29.3. The number of aliphatic carboxylic acids is 1. The number of carbonyl (C=O) groups is 1. The number of aliphatic hydroxyl groups is 1. The van der Waals surface area contributed by atoms with Crippen molar-refractivity contribution >= 4 is 75.1 Å². The summed E-state index contributed by atoms with van der Waals surface area (Å²) >= 11 is 0. The lowest BCUT2D eigenvalue weighted by atomic mass is 9.96. The van der Waals surface area contributed by atoms with E-state index in [2.05, 4.69) is 10.3 Å². The maximum Gasteiger partial charge on any atom is 0.303 e. The quantitative estimate of drug-likeness (QED) is 0.0814. The van der Waals surface area contributed by atoms with E-state index in [1.54, 1.807) is 18.2 Å². The first-order valence-electron chi connectivity index (χ1n) is 15.3. The molecule has 1 heterocycles. The van der Waals surface area contributed by atoms with Crippen LogP contribution >= 0.6 is 0 Å². The van der Waals surface area contributed by atoms with Gasteiger partial charge in [-0.2, -0.15) is 25.3 Å². The Hall–Kier alpha value is -5.57. The highest BCUT2D eigenvalue weighted by Crippen LogP contribution is 2.36. The van der Waals surface area contributed by atoms with Gasteiger partial charge < -0.3 is 15.5 Å². The predicted octanol–water partition coefficient (Wildman–Crippen LogP) is 2.99. The van der Waals surface area contributed by atoms with Crippen LogP contribution in [0.25, 0.3) is 27.4 Å². The van der Waals surface area contributed by atoms with E-state index in [0.29, 0.717) is 12.1 Å². The van der Waals surface area contributed by atoms with Gasteiger partial charge in [0, 0.05) is 27.8 Å². The third-order valence-corrected chi connectivity index (χ3v) is 11.2. The molecule has 0 saturated heterocycles. The average molecular weight is 783 g/mol. The van der Waals surface area contributed by atoms with Gasteiger partial charge in [0.15, 0.2) is 5.43 Å².